The molecule has 1 aliphatic rings. The molecule has 0 aromatic rings. The van der Waals surface area contributed by atoms with Crippen molar-refractivity contribution in [1.29, 1.82) is 5.41 Å². The van der Waals surface area contributed by atoms with Gasteiger partial charge in [-0.25, -0.2) is 4.72 Å². The number of nitrogens with two attached hydrogens (primary N) is 1. The van der Waals surface area contributed by atoms with Crippen molar-refractivity contribution in [3.8, 4) is 0 Å². The van der Waals surface area contributed by atoms with E-state index in [-0.39, 0.29) is 12.4 Å². The first kappa shape index (κ1) is 15.4. The zero-order valence-electron chi connectivity index (χ0n) is 11.2. The van der Waals surface area contributed by atoms with Crippen molar-refractivity contribution in [2.24, 2.45) is 11.1 Å². The van der Waals surface area contributed by atoms with Crippen molar-refractivity contribution < 1.29 is 8.42 Å². The second kappa shape index (κ2) is 5.99. The molecule has 0 radical (unpaired) electrons. The number of nitrogens with zero attached hydrogens (tertiary/aromatic N) is 1. The first-order chi connectivity index (χ1) is 8.26. The van der Waals surface area contributed by atoms with E-state index in [9.17, 15) is 8.42 Å². The first-order valence-corrected chi connectivity index (χ1v) is 7.79. The van der Waals surface area contributed by atoms with Crippen LogP contribution in [0.2, 0.25) is 0 Å². The molecule has 7 heteroatoms. The molecule has 0 amide bonds. The fourth-order valence-corrected chi connectivity index (χ4v) is 3.20. The minimum absolute atomic E-state index is 0.0129. The summed E-state index contributed by atoms with van der Waals surface area (Å²) in [4.78, 5) is 0. The molecule has 0 aromatic heterocycles. The van der Waals surface area contributed by atoms with Crippen LogP contribution < -0.4 is 10.5 Å². The van der Waals surface area contributed by atoms with Crippen LogP contribution in [0.4, 0.5) is 0 Å². The Bertz CT molecular complexity index is 384. The summed E-state index contributed by atoms with van der Waals surface area (Å²) in [7, 11) is -3.44. The Morgan fingerprint density at radius 3 is 2.22 bits per heavy atom. The molecule has 6 nitrogen and oxygen atoms in total. The van der Waals surface area contributed by atoms with Gasteiger partial charge in [0.25, 0.3) is 10.2 Å². The van der Waals surface area contributed by atoms with E-state index >= 15 is 0 Å². The summed E-state index contributed by atoms with van der Waals surface area (Å²) in [6, 6.07) is 0. The van der Waals surface area contributed by atoms with E-state index in [2.05, 4.69) is 4.72 Å². The molecular weight excluding hydrogens is 252 g/mol. The summed E-state index contributed by atoms with van der Waals surface area (Å²) in [6.07, 6.45) is 4.00. The van der Waals surface area contributed by atoms with Gasteiger partial charge in [-0.05, 0) is 12.8 Å². The van der Waals surface area contributed by atoms with Gasteiger partial charge in [-0.1, -0.05) is 26.7 Å². The molecular formula is C11H24N4O2S. The van der Waals surface area contributed by atoms with Gasteiger partial charge in [0, 0.05) is 25.0 Å². The zero-order valence-corrected chi connectivity index (χ0v) is 12.0. The highest BCUT2D eigenvalue weighted by molar-refractivity contribution is 7.87. The third kappa shape index (κ3) is 4.22. The van der Waals surface area contributed by atoms with Crippen LogP contribution in [0, 0.1) is 10.8 Å². The van der Waals surface area contributed by atoms with Crippen LogP contribution >= 0.6 is 0 Å². The third-order valence-corrected chi connectivity index (χ3v) is 4.88. The van der Waals surface area contributed by atoms with Crippen LogP contribution in [-0.4, -0.2) is 38.2 Å². The average molecular weight is 276 g/mol. The van der Waals surface area contributed by atoms with Crippen molar-refractivity contribution in [2.45, 2.75) is 39.5 Å². The molecule has 0 saturated carbocycles. The summed E-state index contributed by atoms with van der Waals surface area (Å²) in [6.45, 7) is 4.81. The highest BCUT2D eigenvalue weighted by Crippen LogP contribution is 2.15. The molecule has 4 N–H and O–H groups in total. The lowest BCUT2D eigenvalue weighted by molar-refractivity contribution is 0.404. The maximum atomic E-state index is 12.1. The number of hydrogen-bond donors (Lipinski definition) is 3. The molecule has 1 fully saturated rings. The van der Waals surface area contributed by atoms with Gasteiger partial charge in [0.15, 0.2) is 0 Å². The number of amidine groups is 1. The molecule has 18 heavy (non-hydrogen) atoms. The van der Waals surface area contributed by atoms with Crippen LogP contribution in [-0.2, 0) is 10.2 Å². The van der Waals surface area contributed by atoms with Gasteiger partial charge in [-0.3, -0.25) is 5.41 Å². The Balaban J connectivity index is 2.61. The van der Waals surface area contributed by atoms with E-state index in [1.165, 1.54) is 4.31 Å². The minimum atomic E-state index is -3.44. The van der Waals surface area contributed by atoms with E-state index in [1.807, 2.05) is 0 Å². The maximum Gasteiger partial charge on any atom is 0.279 e. The molecule has 0 bridgehead atoms. The summed E-state index contributed by atoms with van der Waals surface area (Å²) in [5.74, 6) is -0.0129. The normalized spacial score (nSPS) is 19.4. The predicted octanol–water partition coefficient (Wildman–Crippen LogP) is 0.659. The minimum Gasteiger partial charge on any atom is -0.387 e. The number of nitrogens with one attached hydrogen (secondary N) is 2. The third-order valence-electron chi connectivity index (χ3n) is 3.33. The molecule has 106 valence electrons. The standard InChI is InChI=1S/C11H24N4O2S/c1-11(2,10(12)13)9-14-18(16,17)15-7-5-3-4-6-8-15/h14H,3-9H2,1-2H3,(H3,12,13). The van der Waals surface area contributed by atoms with Crippen LogP contribution in [0.25, 0.3) is 0 Å². The van der Waals surface area contributed by atoms with Crippen molar-refractivity contribution in [1.82, 2.24) is 9.03 Å². The van der Waals surface area contributed by atoms with Gasteiger partial charge in [0.05, 0.1) is 5.84 Å². The Hall–Kier alpha value is -0.660. The molecule has 1 heterocycles. The lowest BCUT2D eigenvalue weighted by Crippen LogP contribution is -2.47. The summed E-state index contributed by atoms with van der Waals surface area (Å²) in [5, 5.41) is 7.41. The van der Waals surface area contributed by atoms with E-state index in [1.54, 1.807) is 13.8 Å². The van der Waals surface area contributed by atoms with E-state index in [0.29, 0.717) is 13.1 Å². The quantitative estimate of drug-likeness (QED) is 0.508. The maximum absolute atomic E-state index is 12.1. The summed E-state index contributed by atoms with van der Waals surface area (Å²) < 4.78 is 28.3. The second-order valence-electron chi connectivity index (χ2n) is 5.44. The van der Waals surface area contributed by atoms with Crippen molar-refractivity contribution >= 4 is 16.0 Å². The van der Waals surface area contributed by atoms with Gasteiger partial charge in [-0.2, -0.15) is 12.7 Å². The van der Waals surface area contributed by atoms with Gasteiger partial charge in [-0.15, -0.1) is 0 Å². The smallest absolute Gasteiger partial charge is 0.279 e. The second-order valence-corrected chi connectivity index (χ2v) is 7.19. The number of rotatable bonds is 5. The Labute approximate surface area is 110 Å². The van der Waals surface area contributed by atoms with Crippen LogP contribution in [0.15, 0.2) is 0 Å². The van der Waals surface area contributed by atoms with Gasteiger partial charge >= 0.3 is 0 Å². The van der Waals surface area contributed by atoms with Crippen LogP contribution in [0.5, 0.6) is 0 Å². The fourth-order valence-electron chi connectivity index (χ4n) is 1.74. The lowest BCUT2D eigenvalue weighted by Gasteiger charge is -2.26. The molecule has 0 unspecified atom stereocenters. The topological polar surface area (TPSA) is 99.3 Å². The highest BCUT2D eigenvalue weighted by Gasteiger charge is 2.28. The van der Waals surface area contributed by atoms with Crippen molar-refractivity contribution in [2.75, 3.05) is 19.6 Å². The highest BCUT2D eigenvalue weighted by atomic mass is 32.2. The fraction of sp³-hybridized carbons (Fsp3) is 0.909. The molecule has 0 aliphatic carbocycles. The summed E-state index contributed by atoms with van der Waals surface area (Å²) in [5.41, 5.74) is 4.78. The van der Waals surface area contributed by atoms with E-state index < -0.39 is 15.6 Å². The Kier molecular flexibility index (Phi) is 5.12. The van der Waals surface area contributed by atoms with Gasteiger partial charge in [0.1, 0.15) is 0 Å². The SMILES string of the molecule is CC(C)(CNS(=O)(=O)N1CCCCCC1)C(=N)N. The molecule has 0 aromatic carbocycles. The Morgan fingerprint density at radius 2 is 1.78 bits per heavy atom. The molecule has 1 rings (SSSR count). The molecule has 0 spiro atoms. The molecule has 0 atom stereocenters. The first-order valence-electron chi connectivity index (χ1n) is 6.35. The van der Waals surface area contributed by atoms with Crippen LogP contribution in [0.1, 0.15) is 39.5 Å². The van der Waals surface area contributed by atoms with Crippen molar-refractivity contribution in [3.05, 3.63) is 0 Å². The lowest BCUT2D eigenvalue weighted by atomic mass is 9.93. The largest absolute Gasteiger partial charge is 0.387 e. The average Bonchev–Trinajstić information content (AvgIpc) is 2.55. The zero-order chi connectivity index (χ0) is 13.8. The van der Waals surface area contributed by atoms with Gasteiger partial charge < -0.3 is 5.73 Å². The van der Waals surface area contributed by atoms with E-state index in [0.717, 1.165) is 25.7 Å². The molecule has 1 saturated heterocycles. The van der Waals surface area contributed by atoms with E-state index in [4.69, 9.17) is 11.1 Å². The predicted molar refractivity (Wildman–Crippen MR) is 72.7 cm³/mol. The summed E-state index contributed by atoms with van der Waals surface area (Å²) >= 11 is 0. The monoisotopic (exact) mass is 276 g/mol. The number of hydrogen-bond acceptors (Lipinski definition) is 3. The van der Waals surface area contributed by atoms with Crippen molar-refractivity contribution in [3.63, 3.8) is 0 Å². The van der Waals surface area contributed by atoms with Gasteiger partial charge in [0.2, 0.25) is 0 Å². The molecule has 1 aliphatic heterocycles. The Morgan fingerprint density at radius 1 is 1.28 bits per heavy atom. The van der Waals surface area contributed by atoms with Crippen LogP contribution in [0.3, 0.4) is 0 Å².